The van der Waals surface area contributed by atoms with Crippen LogP contribution in [0.4, 0.5) is 23.4 Å². The van der Waals surface area contributed by atoms with Crippen molar-refractivity contribution >= 4 is 21.6 Å². The molecule has 2 fully saturated rings. The molecular formula is C21H22F4N4O4S. The highest BCUT2D eigenvalue weighted by molar-refractivity contribution is 7.90. The molecule has 8 nitrogen and oxygen atoms in total. The maximum absolute atomic E-state index is 14.2. The second-order valence-electron chi connectivity index (χ2n) is 8.28. The first-order chi connectivity index (χ1) is 15.9. The number of hydrogen-bond donors (Lipinski definition) is 0. The lowest BCUT2D eigenvalue weighted by atomic mass is 10.0. The predicted octanol–water partition coefficient (Wildman–Crippen LogP) is 2.69. The van der Waals surface area contributed by atoms with E-state index in [9.17, 15) is 30.8 Å². The van der Waals surface area contributed by atoms with E-state index in [0.717, 1.165) is 6.26 Å². The first-order valence-electron chi connectivity index (χ1n) is 10.5. The van der Waals surface area contributed by atoms with Gasteiger partial charge in [-0.05, 0) is 31.0 Å². The Hall–Kier alpha value is -2.96. The van der Waals surface area contributed by atoms with Gasteiger partial charge in [-0.2, -0.15) is 13.2 Å². The molecule has 0 unspecified atom stereocenters. The number of alkyl halides is 3. The Bertz CT molecular complexity index is 1170. The highest BCUT2D eigenvalue weighted by Crippen LogP contribution is 2.32. The Morgan fingerprint density at radius 2 is 1.76 bits per heavy atom. The van der Waals surface area contributed by atoms with Crippen LogP contribution < -0.4 is 9.64 Å². The van der Waals surface area contributed by atoms with Crippen molar-refractivity contribution in [3.8, 4) is 5.75 Å². The molecule has 0 N–H and O–H groups in total. The molecule has 2 aromatic rings. The molecule has 1 atom stereocenters. The fourth-order valence-electron chi connectivity index (χ4n) is 4.17. The normalized spacial score (nSPS) is 20.1. The molecular weight excluding hydrogens is 480 g/mol. The molecule has 0 spiro atoms. The van der Waals surface area contributed by atoms with E-state index >= 15 is 0 Å². The van der Waals surface area contributed by atoms with E-state index in [1.807, 2.05) is 0 Å². The minimum Gasteiger partial charge on any atom is -0.479 e. The molecule has 2 aliphatic rings. The maximum Gasteiger partial charge on any atom is 0.417 e. The lowest BCUT2D eigenvalue weighted by Crippen LogP contribution is -2.47. The largest absolute Gasteiger partial charge is 0.479 e. The van der Waals surface area contributed by atoms with Gasteiger partial charge in [0.2, 0.25) is 0 Å². The highest BCUT2D eigenvalue weighted by Gasteiger charge is 2.39. The summed E-state index contributed by atoms with van der Waals surface area (Å²) in [4.78, 5) is 23.7. The number of anilines is 1. The standard InChI is InChI=1S/C21H22F4N4O4S/c1-34(31,32)18-3-2-15(12-26-18)33-17-6-9-29(20(17)30)14-4-7-28(8-5-14)19-16(22)10-13(11-27-19)21(23,24)25/h2-3,10-12,14,17H,4-9H2,1H3/t17-/m0/s1. The number of ether oxygens (including phenoxy) is 1. The Morgan fingerprint density at radius 1 is 1.06 bits per heavy atom. The van der Waals surface area contributed by atoms with Gasteiger partial charge in [-0.25, -0.2) is 22.8 Å². The molecule has 184 valence electrons. The number of sulfone groups is 1. The van der Waals surface area contributed by atoms with Crippen LogP contribution in [-0.4, -0.2) is 67.2 Å². The van der Waals surface area contributed by atoms with Gasteiger partial charge in [-0.3, -0.25) is 4.79 Å². The van der Waals surface area contributed by atoms with E-state index in [0.29, 0.717) is 51.2 Å². The van der Waals surface area contributed by atoms with Gasteiger partial charge < -0.3 is 14.5 Å². The van der Waals surface area contributed by atoms with E-state index in [1.54, 1.807) is 9.80 Å². The van der Waals surface area contributed by atoms with Gasteiger partial charge in [0.25, 0.3) is 5.91 Å². The fraction of sp³-hybridized carbons (Fsp3) is 0.476. The number of pyridine rings is 2. The monoisotopic (exact) mass is 502 g/mol. The van der Waals surface area contributed by atoms with Gasteiger partial charge in [0, 0.05) is 44.5 Å². The molecule has 0 radical (unpaired) electrons. The molecule has 0 bridgehead atoms. The Labute approximate surface area is 193 Å². The minimum atomic E-state index is -4.67. The van der Waals surface area contributed by atoms with Crippen LogP contribution in [0.3, 0.4) is 0 Å². The number of aromatic nitrogens is 2. The predicted molar refractivity (Wildman–Crippen MR) is 113 cm³/mol. The third kappa shape index (κ3) is 5.08. The lowest BCUT2D eigenvalue weighted by molar-refractivity contribution is -0.138. The Morgan fingerprint density at radius 3 is 2.32 bits per heavy atom. The summed E-state index contributed by atoms with van der Waals surface area (Å²) in [6, 6.07) is 3.09. The molecule has 2 saturated heterocycles. The van der Waals surface area contributed by atoms with Crippen molar-refractivity contribution in [3.63, 3.8) is 0 Å². The summed E-state index contributed by atoms with van der Waals surface area (Å²) in [5.41, 5.74) is -1.14. The second kappa shape index (κ2) is 9.01. The van der Waals surface area contributed by atoms with Crippen LogP contribution in [0.2, 0.25) is 0 Å². The molecule has 0 saturated carbocycles. The zero-order chi connectivity index (χ0) is 24.7. The number of hydrogen-bond acceptors (Lipinski definition) is 7. The van der Waals surface area contributed by atoms with Crippen LogP contribution in [-0.2, 0) is 20.8 Å². The molecule has 4 rings (SSSR count). The van der Waals surface area contributed by atoms with E-state index < -0.39 is 33.5 Å². The lowest BCUT2D eigenvalue weighted by Gasteiger charge is -2.37. The van der Waals surface area contributed by atoms with Gasteiger partial charge in [0.05, 0.1) is 11.8 Å². The average molecular weight is 502 g/mol. The molecule has 2 aromatic heterocycles. The zero-order valence-corrected chi connectivity index (χ0v) is 18.9. The second-order valence-corrected chi connectivity index (χ2v) is 10.2. The van der Waals surface area contributed by atoms with E-state index in [4.69, 9.17) is 4.74 Å². The number of nitrogens with zero attached hydrogens (tertiary/aromatic N) is 4. The van der Waals surface area contributed by atoms with E-state index in [-0.39, 0.29) is 28.5 Å². The quantitative estimate of drug-likeness (QED) is 0.581. The van der Waals surface area contributed by atoms with Gasteiger partial charge in [0.1, 0.15) is 5.75 Å². The molecule has 13 heteroatoms. The van der Waals surface area contributed by atoms with Crippen molar-refractivity contribution in [2.75, 3.05) is 30.8 Å². The van der Waals surface area contributed by atoms with Crippen molar-refractivity contribution in [2.45, 2.75) is 42.6 Å². The van der Waals surface area contributed by atoms with Gasteiger partial charge in [0.15, 0.2) is 32.6 Å². The summed E-state index contributed by atoms with van der Waals surface area (Å²) in [6.45, 7) is 1.15. The van der Waals surface area contributed by atoms with E-state index in [2.05, 4.69) is 9.97 Å². The van der Waals surface area contributed by atoms with Crippen molar-refractivity contribution in [1.82, 2.24) is 14.9 Å². The fourth-order valence-corrected chi connectivity index (χ4v) is 4.73. The van der Waals surface area contributed by atoms with Crippen molar-refractivity contribution in [3.05, 3.63) is 42.0 Å². The number of halogens is 4. The molecule has 1 amide bonds. The number of carbonyl (C=O) groups is 1. The zero-order valence-electron chi connectivity index (χ0n) is 18.1. The number of likely N-dealkylation sites (tertiary alicyclic amines) is 1. The van der Waals surface area contributed by atoms with Crippen molar-refractivity contribution in [2.24, 2.45) is 0 Å². The summed E-state index contributed by atoms with van der Waals surface area (Å²) in [7, 11) is -3.44. The third-order valence-electron chi connectivity index (χ3n) is 5.91. The third-order valence-corrected chi connectivity index (χ3v) is 6.91. The smallest absolute Gasteiger partial charge is 0.417 e. The number of carbonyl (C=O) groups excluding carboxylic acids is 1. The van der Waals surface area contributed by atoms with Crippen LogP contribution >= 0.6 is 0 Å². The van der Waals surface area contributed by atoms with Gasteiger partial charge in [-0.15, -0.1) is 0 Å². The number of amides is 1. The van der Waals surface area contributed by atoms with Gasteiger partial charge in [-0.1, -0.05) is 0 Å². The van der Waals surface area contributed by atoms with Crippen molar-refractivity contribution < 1.29 is 35.5 Å². The summed E-state index contributed by atoms with van der Waals surface area (Å²) in [6.07, 6.45) is -1.01. The summed E-state index contributed by atoms with van der Waals surface area (Å²) < 4.78 is 81.2. The summed E-state index contributed by atoms with van der Waals surface area (Å²) in [5, 5.41) is -0.0926. The van der Waals surface area contributed by atoms with Crippen LogP contribution in [0, 0.1) is 5.82 Å². The van der Waals surface area contributed by atoms with E-state index in [1.165, 1.54) is 18.3 Å². The summed E-state index contributed by atoms with van der Waals surface area (Å²) in [5.74, 6) is -1.09. The maximum atomic E-state index is 14.2. The minimum absolute atomic E-state index is 0.0926. The average Bonchev–Trinajstić information content (AvgIpc) is 3.13. The number of piperidine rings is 1. The molecule has 0 aliphatic carbocycles. The first kappa shape index (κ1) is 24.2. The molecule has 0 aromatic carbocycles. The molecule has 4 heterocycles. The number of rotatable bonds is 5. The first-order valence-corrected chi connectivity index (χ1v) is 12.4. The van der Waals surface area contributed by atoms with Crippen LogP contribution in [0.15, 0.2) is 35.6 Å². The van der Waals surface area contributed by atoms with Gasteiger partial charge >= 0.3 is 6.18 Å². The SMILES string of the molecule is CS(=O)(=O)c1ccc(O[C@H]2CCN(C3CCN(c4ncc(C(F)(F)F)cc4F)CC3)C2=O)cn1. The highest BCUT2D eigenvalue weighted by atomic mass is 32.2. The topological polar surface area (TPSA) is 92.7 Å². The Balaban J connectivity index is 1.34. The Kier molecular flexibility index (Phi) is 6.40. The van der Waals surface area contributed by atoms with Crippen LogP contribution in [0.25, 0.3) is 0 Å². The molecule has 34 heavy (non-hydrogen) atoms. The molecule has 2 aliphatic heterocycles. The van der Waals surface area contributed by atoms with Crippen molar-refractivity contribution in [1.29, 1.82) is 0 Å². The van der Waals surface area contributed by atoms with Crippen LogP contribution in [0.1, 0.15) is 24.8 Å². The summed E-state index contributed by atoms with van der Waals surface area (Å²) >= 11 is 0. The van der Waals surface area contributed by atoms with Crippen LogP contribution in [0.5, 0.6) is 5.75 Å².